The van der Waals surface area contributed by atoms with Gasteiger partial charge in [-0.05, 0) is 61.2 Å². The molecule has 162 valence electrons. The van der Waals surface area contributed by atoms with Crippen molar-refractivity contribution >= 4 is 17.9 Å². The third-order valence-electron chi connectivity index (χ3n) is 5.54. The third kappa shape index (κ3) is 5.02. The van der Waals surface area contributed by atoms with Gasteiger partial charge in [-0.3, -0.25) is 9.59 Å². The predicted molar refractivity (Wildman–Crippen MR) is 109 cm³/mol. The molecule has 0 spiro atoms. The summed E-state index contributed by atoms with van der Waals surface area (Å²) in [5, 5.41) is 0. The molecule has 0 aromatic heterocycles. The van der Waals surface area contributed by atoms with Gasteiger partial charge in [0.1, 0.15) is 17.3 Å². The molecule has 0 radical (unpaired) electrons. The maximum atomic E-state index is 13.0. The predicted octanol–water partition coefficient (Wildman–Crippen LogP) is 3.52. The van der Waals surface area contributed by atoms with Crippen LogP contribution in [0.25, 0.3) is 0 Å². The number of hydrogen-bond acceptors (Lipinski definition) is 5. The van der Waals surface area contributed by atoms with E-state index in [0.717, 1.165) is 5.56 Å². The van der Waals surface area contributed by atoms with Gasteiger partial charge in [-0.1, -0.05) is 12.1 Å². The van der Waals surface area contributed by atoms with Crippen LogP contribution in [0.3, 0.4) is 0 Å². The second kappa shape index (κ2) is 9.16. The molecule has 0 bridgehead atoms. The SMILES string of the molecule is O=C(CCc1cccc(Oc2ccc(F)cc2)c1)N1CCC(N2C(=O)COC2=O)CC1. The number of likely N-dealkylation sites (tertiary alicyclic amines) is 1. The van der Waals surface area contributed by atoms with Crippen LogP contribution in [0.15, 0.2) is 48.5 Å². The largest absolute Gasteiger partial charge is 0.457 e. The van der Waals surface area contributed by atoms with E-state index in [4.69, 9.17) is 9.47 Å². The van der Waals surface area contributed by atoms with Crippen molar-refractivity contribution in [1.29, 1.82) is 0 Å². The summed E-state index contributed by atoms with van der Waals surface area (Å²) in [4.78, 5) is 39.1. The Kier molecular flexibility index (Phi) is 6.16. The molecule has 0 saturated carbocycles. The van der Waals surface area contributed by atoms with Gasteiger partial charge in [0, 0.05) is 25.6 Å². The molecule has 8 heteroatoms. The topological polar surface area (TPSA) is 76.2 Å². The summed E-state index contributed by atoms with van der Waals surface area (Å²) >= 11 is 0. The number of carbonyl (C=O) groups is 3. The number of ether oxygens (including phenoxy) is 2. The minimum absolute atomic E-state index is 0.0404. The molecule has 0 aliphatic carbocycles. The molecule has 31 heavy (non-hydrogen) atoms. The van der Waals surface area contributed by atoms with Crippen molar-refractivity contribution in [3.05, 3.63) is 59.9 Å². The number of benzene rings is 2. The normalized spacial score (nSPS) is 17.1. The van der Waals surface area contributed by atoms with Gasteiger partial charge in [-0.2, -0.15) is 0 Å². The van der Waals surface area contributed by atoms with Crippen LogP contribution in [-0.4, -0.2) is 53.4 Å². The number of nitrogens with zero attached hydrogens (tertiary/aromatic N) is 2. The molecule has 4 rings (SSSR count). The van der Waals surface area contributed by atoms with Crippen molar-refractivity contribution < 1.29 is 28.2 Å². The molecular formula is C23H23FN2O5. The van der Waals surface area contributed by atoms with Crippen molar-refractivity contribution in [2.24, 2.45) is 0 Å². The van der Waals surface area contributed by atoms with Gasteiger partial charge in [0.2, 0.25) is 5.91 Å². The van der Waals surface area contributed by atoms with Crippen molar-refractivity contribution in [2.75, 3.05) is 19.7 Å². The van der Waals surface area contributed by atoms with Gasteiger partial charge in [0.15, 0.2) is 6.61 Å². The molecule has 0 unspecified atom stereocenters. The third-order valence-corrected chi connectivity index (χ3v) is 5.54. The number of piperidine rings is 1. The van der Waals surface area contributed by atoms with Gasteiger partial charge < -0.3 is 14.4 Å². The summed E-state index contributed by atoms with van der Waals surface area (Å²) in [7, 11) is 0. The average Bonchev–Trinajstić information content (AvgIpc) is 3.12. The van der Waals surface area contributed by atoms with Crippen LogP contribution in [0.1, 0.15) is 24.8 Å². The highest BCUT2D eigenvalue weighted by atomic mass is 19.1. The summed E-state index contributed by atoms with van der Waals surface area (Å²) in [5.74, 6) is 0.573. The minimum atomic E-state index is -0.586. The fourth-order valence-corrected chi connectivity index (χ4v) is 3.90. The quantitative estimate of drug-likeness (QED) is 0.707. The molecule has 7 nitrogen and oxygen atoms in total. The van der Waals surface area contributed by atoms with Gasteiger partial charge in [0.25, 0.3) is 5.91 Å². The number of hydrogen-bond donors (Lipinski definition) is 0. The lowest BCUT2D eigenvalue weighted by atomic mass is 10.0. The monoisotopic (exact) mass is 426 g/mol. The lowest BCUT2D eigenvalue weighted by Crippen LogP contribution is -2.48. The molecule has 2 aromatic rings. The summed E-state index contributed by atoms with van der Waals surface area (Å²) in [5.41, 5.74) is 0.966. The lowest BCUT2D eigenvalue weighted by Gasteiger charge is -2.34. The van der Waals surface area contributed by atoms with E-state index in [1.54, 1.807) is 17.0 Å². The van der Waals surface area contributed by atoms with Crippen LogP contribution in [-0.2, 0) is 20.7 Å². The number of imide groups is 1. The van der Waals surface area contributed by atoms with Crippen molar-refractivity contribution in [3.63, 3.8) is 0 Å². The Bertz CT molecular complexity index is 954. The molecule has 3 amide bonds. The lowest BCUT2D eigenvalue weighted by molar-refractivity contribution is -0.133. The molecule has 0 atom stereocenters. The average molecular weight is 426 g/mol. The summed E-state index contributed by atoms with van der Waals surface area (Å²) in [6.07, 6.45) is 1.46. The zero-order valence-corrected chi connectivity index (χ0v) is 17.0. The number of rotatable bonds is 6. The van der Waals surface area contributed by atoms with Crippen LogP contribution >= 0.6 is 0 Å². The smallest absolute Gasteiger partial charge is 0.417 e. The minimum Gasteiger partial charge on any atom is -0.457 e. The highest BCUT2D eigenvalue weighted by molar-refractivity contribution is 5.98. The van der Waals surface area contributed by atoms with Crippen LogP contribution in [0.2, 0.25) is 0 Å². The number of aryl methyl sites for hydroxylation is 1. The highest BCUT2D eigenvalue weighted by Crippen LogP contribution is 2.24. The Morgan fingerprint density at radius 1 is 1.06 bits per heavy atom. The van der Waals surface area contributed by atoms with E-state index < -0.39 is 6.09 Å². The first-order valence-corrected chi connectivity index (χ1v) is 10.3. The van der Waals surface area contributed by atoms with E-state index in [-0.39, 0.29) is 30.3 Å². The number of halogens is 1. The van der Waals surface area contributed by atoms with E-state index in [1.807, 2.05) is 24.3 Å². The zero-order chi connectivity index (χ0) is 21.8. The Balaban J connectivity index is 1.27. The van der Waals surface area contributed by atoms with Crippen LogP contribution in [0.4, 0.5) is 9.18 Å². The van der Waals surface area contributed by atoms with Crippen molar-refractivity contribution in [3.8, 4) is 11.5 Å². The maximum Gasteiger partial charge on any atom is 0.417 e. The van der Waals surface area contributed by atoms with Gasteiger partial charge in [-0.25, -0.2) is 14.1 Å². The molecule has 2 aliphatic heterocycles. The first kappa shape index (κ1) is 20.8. The summed E-state index contributed by atoms with van der Waals surface area (Å²) < 4.78 is 23.5. The number of amides is 3. The van der Waals surface area contributed by atoms with Crippen LogP contribution in [0, 0.1) is 5.82 Å². The van der Waals surface area contributed by atoms with E-state index >= 15 is 0 Å². The summed E-state index contributed by atoms with van der Waals surface area (Å²) in [6, 6.07) is 13.1. The fourth-order valence-electron chi connectivity index (χ4n) is 3.90. The fraction of sp³-hybridized carbons (Fsp3) is 0.348. The molecule has 2 heterocycles. The molecule has 2 aromatic carbocycles. The first-order valence-electron chi connectivity index (χ1n) is 10.3. The molecule has 2 fully saturated rings. The first-order chi connectivity index (χ1) is 15.0. The molecule has 2 saturated heterocycles. The van der Waals surface area contributed by atoms with Crippen molar-refractivity contribution in [1.82, 2.24) is 9.80 Å². The van der Waals surface area contributed by atoms with Gasteiger partial charge in [0.05, 0.1) is 0 Å². The van der Waals surface area contributed by atoms with Crippen molar-refractivity contribution in [2.45, 2.75) is 31.7 Å². The Hall–Kier alpha value is -3.42. The maximum absolute atomic E-state index is 13.0. The zero-order valence-electron chi connectivity index (χ0n) is 17.0. The van der Waals surface area contributed by atoms with Gasteiger partial charge in [-0.15, -0.1) is 0 Å². The summed E-state index contributed by atoms with van der Waals surface area (Å²) in [6.45, 7) is 0.824. The van der Waals surface area contributed by atoms with E-state index in [1.165, 1.54) is 17.0 Å². The Labute approximate surface area is 179 Å². The van der Waals surface area contributed by atoms with E-state index in [9.17, 15) is 18.8 Å². The molecule has 2 aliphatic rings. The molecule has 0 N–H and O–H groups in total. The molecular weight excluding hydrogens is 403 g/mol. The van der Waals surface area contributed by atoms with Crippen LogP contribution < -0.4 is 4.74 Å². The number of cyclic esters (lactones) is 1. The highest BCUT2D eigenvalue weighted by Gasteiger charge is 2.38. The number of carbonyl (C=O) groups excluding carboxylic acids is 3. The van der Waals surface area contributed by atoms with Gasteiger partial charge >= 0.3 is 6.09 Å². The Morgan fingerprint density at radius 2 is 1.81 bits per heavy atom. The second-order valence-electron chi connectivity index (χ2n) is 7.63. The Morgan fingerprint density at radius 3 is 2.48 bits per heavy atom. The van der Waals surface area contributed by atoms with E-state index in [2.05, 4.69) is 0 Å². The van der Waals surface area contributed by atoms with Crippen LogP contribution in [0.5, 0.6) is 11.5 Å². The van der Waals surface area contributed by atoms with E-state index in [0.29, 0.717) is 50.3 Å². The second-order valence-corrected chi connectivity index (χ2v) is 7.63. The standard InChI is InChI=1S/C23H23FN2O5/c24-17-5-7-19(8-6-17)31-20-3-1-2-16(14-20)4-9-21(27)25-12-10-18(11-13-25)26-22(28)15-30-23(26)29/h1-3,5-8,14,18H,4,9-13,15H2.